The number of hydrogen-bond acceptors (Lipinski definition) is 2. The van der Waals surface area contributed by atoms with Crippen molar-refractivity contribution < 1.29 is 261 Å². The number of benzene rings is 2. The molecule has 0 aliphatic carbocycles. The van der Waals surface area contributed by atoms with Crippen molar-refractivity contribution in [1.29, 1.82) is 0 Å². The number of fused-ring (bicyclic) bond motifs is 3. The average molecular weight is 1580 g/mol. The van der Waals surface area contributed by atoms with E-state index in [9.17, 15) is 0 Å². The van der Waals surface area contributed by atoms with Gasteiger partial charge in [-0.3, -0.25) is 0 Å². The third kappa shape index (κ3) is 4.65. The molecule has 0 fully saturated rings. The van der Waals surface area contributed by atoms with Crippen LogP contribution in [0.5, 0.6) is 0 Å². The fourth-order valence-electron chi connectivity index (χ4n) is 4.02. The molecule has 3 rings (SSSR count). The molecule has 1 heterocycles. The number of hydrogen-bond donors (Lipinski definition) is 0. The standard InChI is InChI=1S/C15H9NO.6Ra.6H/c1-10-4-6-12-13-7-5-11(16(2)3)9-15(13)17-14(12)8-10;;;;;;;;;;;;/h1-3H3;;;;;;;;;;;;. The van der Waals surface area contributed by atoms with Gasteiger partial charge in [0.2, 0.25) is 0 Å². The van der Waals surface area contributed by atoms with E-state index in [1.807, 2.05) is 0.604 Å². The van der Waals surface area contributed by atoms with E-state index in [4.69, 9.17) is 4.42 Å². The van der Waals surface area contributed by atoms with E-state index < -0.39 is 0 Å². The van der Waals surface area contributed by atoms with Crippen molar-refractivity contribution in [2.24, 2.45) is 0 Å². The summed E-state index contributed by atoms with van der Waals surface area (Å²) in [6.07, 6.45) is 0. The van der Waals surface area contributed by atoms with Gasteiger partial charge in [0.25, 0.3) is 0 Å². The van der Waals surface area contributed by atoms with Crippen molar-refractivity contribution in [3.63, 3.8) is 0 Å². The summed E-state index contributed by atoms with van der Waals surface area (Å²) in [5, 5.41) is 3.29. The van der Waals surface area contributed by atoms with Crippen LogP contribution in [-0.2, 0) is 0 Å². The predicted octanol–water partition coefficient (Wildman–Crippen LogP) is -2.60. The topological polar surface area (TPSA) is 16.4 Å². The molecule has 0 radical (unpaired) electrons. The molecule has 0 amide bonds. The Hall–Kier alpha value is 6.85. The van der Waals surface area contributed by atoms with Crippen molar-refractivity contribution in [1.82, 2.24) is 0 Å². The van der Waals surface area contributed by atoms with Gasteiger partial charge < -0.3 is 0 Å². The summed E-state index contributed by atoms with van der Waals surface area (Å²) < 4.78 is 17.2. The molecule has 0 unspecified atom stereocenters. The first kappa shape index (κ1) is 24.5. The Morgan fingerprint density at radius 3 is 1.65 bits per heavy atom. The zero-order valence-electron chi connectivity index (χ0n) is 15.9. The van der Waals surface area contributed by atoms with Crippen molar-refractivity contribution in [3.8, 4) is 0 Å². The third-order valence-corrected chi connectivity index (χ3v) is 69.8. The zero-order valence-corrected chi connectivity index (χ0v) is 65.2. The van der Waals surface area contributed by atoms with Gasteiger partial charge in [0, 0.05) is 0 Å². The van der Waals surface area contributed by atoms with Crippen LogP contribution in [0.15, 0.2) is 4.42 Å². The van der Waals surface area contributed by atoms with Crippen LogP contribution in [0.4, 0.5) is 5.69 Å². The molecule has 0 saturated heterocycles. The first-order chi connectivity index (χ1) is 10.7. The maximum absolute atomic E-state index is 6.67. The molecule has 8 heteroatoms. The first-order valence-corrected chi connectivity index (χ1v) is 32.9. The van der Waals surface area contributed by atoms with Crippen LogP contribution in [-0.4, -0.2) is 14.1 Å². The van der Waals surface area contributed by atoms with Crippen LogP contribution in [0.1, 0.15) is 5.56 Å². The normalized spacial score (nSPS) is 11.2. The number of furan rings is 1. The van der Waals surface area contributed by atoms with Gasteiger partial charge in [-0.05, 0) is 0 Å². The summed E-state index contributed by atoms with van der Waals surface area (Å²) in [5.74, 6) is 0. The number of rotatable bonds is 1. The second-order valence-electron chi connectivity index (χ2n) is 7.13. The van der Waals surface area contributed by atoms with Crippen molar-refractivity contribution in [2.45, 2.75) is 6.92 Å². The minimum absolute atomic E-state index is 0.309. The third-order valence-electron chi connectivity index (χ3n) is 5.75. The molecule has 2 aromatic carbocycles. The Balaban J connectivity index is 2.67. The summed E-state index contributed by atoms with van der Waals surface area (Å²) in [6.45, 7) is 2.39. The summed E-state index contributed by atoms with van der Waals surface area (Å²) in [6, 6.07) is 0. The van der Waals surface area contributed by atoms with E-state index in [0.717, 1.165) is 0 Å². The quantitative estimate of drug-likeness (QED) is 0.267. The van der Waals surface area contributed by atoms with Crippen LogP contribution in [0.25, 0.3) is 21.9 Å². The monoisotopic (exact) mass is 1580 g/mol. The molecule has 0 spiro atoms. The van der Waals surface area contributed by atoms with Gasteiger partial charge >= 0.3 is 324 Å². The summed E-state index contributed by atoms with van der Waals surface area (Å²) in [5.41, 5.74) is 5.94. The fourth-order valence-corrected chi connectivity index (χ4v) is 42.1. The van der Waals surface area contributed by atoms with Crippen molar-refractivity contribution >= 4 is 31.3 Å². The molecule has 0 N–H and O–H groups in total. The predicted molar refractivity (Wildman–Crippen MR) is 79.0 cm³/mol. The van der Waals surface area contributed by atoms with Gasteiger partial charge in [0.15, 0.2) is 0 Å². The Labute approximate surface area is 312 Å². The second kappa shape index (κ2) is 10.2. The Morgan fingerprint density at radius 1 is 0.652 bits per heavy atom. The Morgan fingerprint density at radius 2 is 1.13 bits per heavy atom. The van der Waals surface area contributed by atoms with Crippen molar-refractivity contribution in [3.05, 3.63) is 5.56 Å². The first-order valence-electron chi connectivity index (χ1n) is 8.28. The summed E-state index contributed by atoms with van der Waals surface area (Å²) in [4.78, 5) is 2.39. The van der Waals surface area contributed by atoms with Crippen LogP contribution < -0.4 is 8.53 Å². The van der Waals surface area contributed by atoms with Gasteiger partial charge in [-0.1, -0.05) is 0 Å². The van der Waals surface area contributed by atoms with Crippen LogP contribution in [0.2, 0.25) is 0 Å². The van der Waals surface area contributed by atoms with Crippen LogP contribution in [0, 0.1) is 264 Å². The molecular weight excluding hydrogens is 1570 g/mol. The molecule has 98 valence electrons. The van der Waals surface area contributed by atoms with Gasteiger partial charge in [-0.25, -0.2) is 0 Å². The molecule has 0 bridgehead atoms. The second-order valence-corrected chi connectivity index (χ2v) is 31.8. The Kier molecular flexibility index (Phi) is 10.9. The average Bonchev–Trinajstić information content (AvgIpc) is 2.89. The molecule has 0 saturated carbocycles. The van der Waals surface area contributed by atoms with Crippen LogP contribution >= 0.6 is 0 Å². The molecule has 0 aliphatic rings. The zero-order chi connectivity index (χ0) is 17.2. The van der Waals surface area contributed by atoms with E-state index in [1.54, 1.807) is 25.0 Å². The van der Waals surface area contributed by atoms with E-state index in [1.165, 1.54) is 11.2 Å². The van der Waals surface area contributed by atoms with Gasteiger partial charge in [0.05, 0.1) is 0 Å². The van der Waals surface area contributed by atoms with Crippen molar-refractivity contribution in [2.75, 3.05) is 19.0 Å². The minimum atomic E-state index is 0.309. The number of anilines is 1. The van der Waals surface area contributed by atoms with E-state index in [-0.39, 0.29) is 0 Å². The number of nitrogens with zero attached hydrogens (tertiary/aromatic N) is 1. The van der Waals surface area contributed by atoms with E-state index in [2.05, 4.69) is 25.9 Å². The SMILES string of the molecule is Cc1[c]([RaH])[c]([RaH])c2c(oc3[c]([RaH])c(N(C)C)[c]([RaH])[c]([RaH])c32)[c]1[RaH]. The maximum atomic E-state index is 6.67. The van der Waals surface area contributed by atoms with Gasteiger partial charge in [0.1, 0.15) is 0 Å². The molecular formula is C15H15NORa6. The summed E-state index contributed by atoms with van der Waals surface area (Å²) in [7, 11) is 4.47. The molecule has 2 nitrogen and oxygen atoms in total. The molecule has 23 heavy (non-hydrogen) atoms. The van der Waals surface area contributed by atoms with Gasteiger partial charge in [-0.15, -0.1) is 0 Å². The molecule has 1 aromatic heterocycles. The van der Waals surface area contributed by atoms with Gasteiger partial charge in [-0.2, -0.15) is 0 Å². The van der Waals surface area contributed by atoms with E-state index >= 15 is 0 Å². The Bertz CT molecular complexity index is 976. The van der Waals surface area contributed by atoms with E-state index in [0.29, 0.717) is 257 Å². The summed E-state index contributed by atoms with van der Waals surface area (Å²) >= 11 is 2.34. The fraction of sp³-hybridized carbons (Fsp3) is 0.200. The van der Waals surface area contributed by atoms with Crippen LogP contribution in [0.3, 0.4) is 0 Å². The molecule has 0 aliphatic heterocycles. The molecule has 3 aromatic rings. The molecule has 0 atom stereocenters.